The maximum absolute atomic E-state index is 14.2. The molecule has 106 valence electrons. The number of likely N-dealkylation sites (tertiary alicyclic amines) is 1. The van der Waals surface area contributed by atoms with Gasteiger partial charge in [-0.3, -0.25) is 4.90 Å². The third-order valence-corrected chi connectivity index (χ3v) is 3.84. The molecule has 1 saturated heterocycles. The summed E-state index contributed by atoms with van der Waals surface area (Å²) in [6.45, 7) is 1.58. The first-order valence-electron chi connectivity index (χ1n) is 6.43. The minimum Gasteiger partial charge on any atom is -0.494 e. The second-order valence-electron chi connectivity index (χ2n) is 5.00. The molecule has 0 amide bonds. The maximum Gasteiger partial charge on any atom is 0.207 e. The summed E-state index contributed by atoms with van der Waals surface area (Å²) in [6, 6.07) is 3.67. The van der Waals surface area contributed by atoms with E-state index in [9.17, 15) is 4.39 Å². The van der Waals surface area contributed by atoms with Crippen LogP contribution in [0, 0.1) is 11.7 Å². The lowest BCUT2D eigenvalue weighted by Crippen LogP contribution is -2.21. The number of benzene rings is 1. The fourth-order valence-electron chi connectivity index (χ4n) is 2.82. The van der Waals surface area contributed by atoms with E-state index in [4.69, 9.17) is 15.2 Å². The molecule has 0 spiro atoms. The molecule has 1 aliphatic heterocycles. The molecule has 0 aliphatic carbocycles. The summed E-state index contributed by atoms with van der Waals surface area (Å²) in [5.74, 6) is 0.488. The van der Waals surface area contributed by atoms with Crippen LogP contribution in [0.3, 0.4) is 0 Å². The zero-order valence-electron chi connectivity index (χ0n) is 11.6. The summed E-state index contributed by atoms with van der Waals surface area (Å²) >= 11 is 0. The number of nitrogens with zero attached hydrogens (tertiary/aromatic N) is 1. The Morgan fingerprint density at radius 2 is 2.11 bits per heavy atom. The van der Waals surface area contributed by atoms with Crippen molar-refractivity contribution in [3.63, 3.8) is 0 Å². The normalized spacial score (nSPS) is 23.6. The van der Waals surface area contributed by atoms with Crippen LogP contribution < -0.4 is 15.2 Å². The Kier molecular flexibility index (Phi) is 4.27. The predicted molar refractivity (Wildman–Crippen MR) is 72.0 cm³/mol. The second kappa shape index (κ2) is 5.75. The molecule has 1 heterocycles. The summed E-state index contributed by atoms with van der Waals surface area (Å²) in [5, 5.41) is 0. The van der Waals surface area contributed by atoms with E-state index in [0.29, 0.717) is 12.5 Å². The number of hydrogen-bond donors (Lipinski definition) is 1. The maximum atomic E-state index is 14.2. The average Bonchev–Trinajstić information content (AvgIpc) is 2.79. The fourth-order valence-corrected chi connectivity index (χ4v) is 2.82. The van der Waals surface area contributed by atoms with E-state index in [0.717, 1.165) is 18.5 Å². The van der Waals surface area contributed by atoms with Crippen LogP contribution in [-0.2, 0) is 0 Å². The highest BCUT2D eigenvalue weighted by atomic mass is 19.1. The van der Waals surface area contributed by atoms with E-state index < -0.39 is 5.82 Å². The minimum absolute atomic E-state index is 0.143. The Morgan fingerprint density at radius 1 is 1.37 bits per heavy atom. The fraction of sp³-hybridized carbons (Fsp3) is 0.571. The van der Waals surface area contributed by atoms with Crippen LogP contribution in [0.2, 0.25) is 0 Å². The van der Waals surface area contributed by atoms with Crippen LogP contribution in [0.15, 0.2) is 12.1 Å². The zero-order valence-corrected chi connectivity index (χ0v) is 11.6. The molecule has 1 fully saturated rings. The van der Waals surface area contributed by atoms with Gasteiger partial charge in [-0.05, 0) is 38.1 Å². The Labute approximate surface area is 113 Å². The number of hydrogen-bond acceptors (Lipinski definition) is 4. The molecule has 0 saturated carbocycles. The van der Waals surface area contributed by atoms with Crippen molar-refractivity contribution in [1.29, 1.82) is 0 Å². The third kappa shape index (κ3) is 2.53. The SMILES string of the molecule is COc1ccc(C2CC(CN)CN2C)c(OC)c1F. The van der Waals surface area contributed by atoms with Crippen molar-refractivity contribution in [2.75, 3.05) is 34.4 Å². The number of halogens is 1. The van der Waals surface area contributed by atoms with Crippen molar-refractivity contribution in [3.05, 3.63) is 23.5 Å². The lowest BCUT2D eigenvalue weighted by atomic mass is 9.98. The van der Waals surface area contributed by atoms with Gasteiger partial charge in [-0.1, -0.05) is 0 Å². The van der Waals surface area contributed by atoms with E-state index in [1.54, 1.807) is 6.07 Å². The van der Waals surface area contributed by atoms with E-state index in [1.165, 1.54) is 14.2 Å². The molecule has 2 N–H and O–H groups in total. The molecule has 2 unspecified atom stereocenters. The summed E-state index contributed by atoms with van der Waals surface area (Å²) in [5.41, 5.74) is 6.59. The number of methoxy groups -OCH3 is 2. The molecule has 4 nitrogen and oxygen atoms in total. The minimum atomic E-state index is -0.438. The largest absolute Gasteiger partial charge is 0.494 e. The van der Waals surface area contributed by atoms with Crippen molar-refractivity contribution < 1.29 is 13.9 Å². The third-order valence-electron chi connectivity index (χ3n) is 3.84. The molecule has 1 aromatic carbocycles. The summed E-state index contributed by atoms with van der Waals surface area (Å²) < 4.78 is 24.4. The Bertz CT molecular complexity index is 453. The van der Waals surface area contributed by atoms with Gasteiger partial charge < -0.3 is 15.2 Å². The topological polar surface area (TPSA) is 47.7 Å². The smallest absolute Gasteiger partial charge is 0.207 e. The van der Waals surface area contributed by atoms with Crippen LogP contribution >= 0.6 is 0 Å². The van der Waals surface area contributed by atoms with Crippen LogP contribution in [0.4, 0.5) is 4.39 Å². The molecule has 1 aromatic rings. The highest BCUT2D eigenvalue weighted by molar-refractivity contribution is 5.44. The highest BCUT2D eigenvalue weighted by Gasteiger charge is 2.32. The van der Waals surface area contributed by atoms with Crippen LogP contribution in [0.25, 0.3) is 0 Å². The summed E-state index contributed by atoms with van der Waals surface area (Å²) in [6.07, 6.45) is 0.926. The van der Waals surface area contributed by atoms with Crippen molar-refractivity contribution >= 4 is 0 Å². The molecule has 0 bridgehead atoms. The molecular weight excluding hydrogens is 247 g/mol. The van der Waals surface area contributed by atoms with Gasteiger partial charge in [0.2, 0.25) is 5.82 Å². The molecule has 2 atom stereocenters. The molecule has 2 rings (SSSR count). The first-order chi connectivity index (χ1) is 9.12. The van der Waals surface area contributed by atoms with Gasteiger partial charge in [0.1, 0.15) is 0 Å². The van der Waals surface area contributed by atoms with Crippen LogP contribution in [0.5, 0.6) is 11.5 Å². The Hall–Kier alpha value is -1.33. The van der Waals surface area contributed by atoms with Gasteiger partial charge >= 0.3 is 0 Å². The summed E-state index contributed by atoms with van der Waals surface area (Å²) in [7, 11) is 4.96. The van der Waals surface area contributed by atoms with E-state index in [-0.39, 0.29) is 17.5 Å². The van der Waals surface area contributed by atoms with E-state index in [2.05, 4.69) is 4.90 Å². The Balaban J connectivity index is 2.37. The molecule has 5 heteroatoms. The lowest BCUT2D eigenvalue weighted by Gasteiger charge is -2.22. The second-order valence-corrected chi connectivity index (χ2v) is 5.00. The molecule has 19 heavy (non-hydrogen) atoms. The van der Waals surface area contributed by atoms with Crippen molar-refractivity contribution in [1.82, 2.24) is 4.90 Å². The monoisotopic (exact) mass is 268 g/mol. The predicted octanol–water partition coefficient (Wildman–Crippen LogP) is 1.79. The summed E-state index contributed by atoms with van der Waals surface area (Å²) in [4.78, 5) is 2.20. The van der Waals surface area contributed by atoms with Gasteiger partial charge in [0.05, 0.1) is 14.2 Å². The first kappa shape index (κ1) is 14.1. The van der Waals surface area contributed by atoms with Crippen LogP contribution in [0.1, 0.15) is 18.0 Å². The van der Waals surface area contributed by atoms with E-state index >= 15 is 0 Å². The van der Waals surface area contributed by atoms with Crippen molar-refractivity contribution in [3.8, 4) is 11.5 Å². The van der Waals surface area contributed by atoms with Gasteiger partial charge in [-0.25, -0.2) is 0 Å². The number of nitrogens with two attached hydrogens (primary N) is 1. The van der Waals surface area contributed by atoms with E-state index in [1.807, 2.05) is 13.1 Å². The van der Waals surface area contributed by atoms with Gasteiger partial charge in [0, 0.05) is 18.2 Å². The zero-order chi connectivity index (χ0) is 14.0. The van der Waals surface area contributed by atoms with Gasteiger partial charge in [0.25, 0.3) is 0 Å². The van der Waals surface area contributed by atoms with Gasteiger partial charge in [0.15, 0.2) is 11.5 Å². The first-order valence-corrected chi connectivity index (χ1v) is 6.43. The van der Waals surface area contributed by atoms with Crippen LogP contribution in [-0.4, -0.2) is 39.3 Å². The Morgan fingerprint density at radius 3 is 2.63 bits per heavy atom. The molecular formula is C14H21FN2O2. The standard InChI is InChI=1S/C14H21FN2O2/c1-17-8-9(7-16)6-11(17)10-4-5-12(18-2)13(15)14(10)19-3/h4-5,9,11H,6-8,16H2,1-3H3. The van der Waals surface area contributed by atoms with Crippen molar-refractivity contribution in [2.45, 2.75) is 12.5 Å². The molecule has 1 aliphatic rings. The molecule has 0 radical (unpaired) electrons. The molecule has 0 aromatic heterocycles. The average molecular weight is 268 g/mol. The van der Waals surface area contributed by atoms with Crippen molar-refractivity contribution in [2.24, 2.45) is 11.7 Å². The number of rotatable bonds is 4. The quantitative estimate of drug-likeness (QED) is 0.904. The lowest BCUT2D eigenvalue weighted by molar-refractivity contribution is 0.294. The van der Waals surface area contributed by atoms with Gasteiger partial charge in [-0.15, -0.1) is 0 Å². The number of ether oxygens (including phenoxy) is 2. The highest BCUT2D eigenvalue weighted by Crippen LogP contribution is 2.41. The van der Waals surface area contributed by atoms with Gasteiger partial charge in [-0.2, -0.15) is 4.39 Å².